The highest BCUT2D eigenvalue weighted by Crippen LogP contribution is 2.54. The smallest absolute Gasteiger partial charge is 0.258 e. The highest BCUT2D eigenvalue weighted by molar-refractivity contribution is 7.89. The second kappa shape index (κ2) is 10.7. The quantitative estimate of drug-likeness (QED) is 0.453. The van der Waals surface area contributed by atoms with Gasteiger partial charge in [-0.25, -0.2) is 18.1 Å². The normalized spacial score (nSPS) is 21.2. The molecule has 0 unspecified atom stereocenters. The van der Waals surface area contributed by atoms with Crippen LogP contribution in [-0.2, 0) is 14.8 Å². The number of aromatic nitrogens is 1. The molecular weight excluding hydrogens is 518 g/mol. The van der Waals surface area contributed by atoms with E-state index in [4.69, 9.17) is 4.74 Å². The number of carbonyl (C=O) groups excluding carboxylic acids is 1. The number of amides is 1. The minimum absolute atomic E-state index is 0.0591. The van der Waals surface area contributed by atoms with Gasteiger partial charge in [-0.3, -0.25) is 4.79 Å². The average molecular weight is 558 g/mol. The molecule has 3 aliphatic rings. The first-order valence-corrected chi connectivity index (χ1v) is 15.2. The summed E-state index contributed by atoms with van der Waals surface area (Å²) in [5, 5.41) is 12.5. The Labute approximate surface area is 230 Å². The Morgan fingerprint density at radius 1 is 1.13 bits per heavy atom. The standard InChI is InChI=1S/C28H39N5O5S/c1-20-18-33(15-16-38-20)25-6-4-5-24(29-25)30-26(35)22-8-7-21(39(36,37)31-27(2,3)19-34)17-23(22)32-13-11-28(9-10-28)12-14-32/h4-8,17,20,31,34H,9-16,18-19H2,1-3H3,(H,29,30,35)/t20-/m1/s1. The van der Waals surface area contributed by atoms with Gasteiger partial charge in [0.25, 0.3) is 5.91 Å². The summed E-state index contributed by atoms with van der Waals surface area (Å²) in [7, 11) is -3.92. The van der Waals surface area contributed by atoms with Crippen LogP contribution in [0, 0.1) is 5.41 Å². The molecule has 212 valence electrons. The van der Waals surface area contributed by atoms with E-state index in [2.05, 4.69) is 24.8 Å². The summed E-state index contributed by atoms with van der Waals surface area (Å²) in [6, 6.07) is 10.1. The maximum atomic E-state index is 13.6. The number of piperidine rings is 1. The van der Waals surface area contributed by atoms with Crippen LogP contribution in [0.3, 0.4) is 0 Å². The maximum Gasteiger partial charge on any atom is 0.258 e. The van der Waals surface area contributed by atoms with Gasteiger partial charge in [-0.15, -0.1) is 0 Å². The number of sulfonamides is 1. The zero-order valence-corrected chi connectivity index (χ0v) is 23.8. The monoisotopic (exact) mass is 557 g/mol. The van der Waals surface area contributed by atoms with Crippen molar-refractivity contribution in [2.75, 3.05) is 54.5 Å². The number of morpholine rings is 1. The highest BCUT2D eigenvalue weighted by Gasteiger charge is 2.44. The Bertz CT molecular complexity index is 1320. The van der Waals surface area contributed by atoms with Crippen LogP contribution in [0.1, 0.15) is 56.8 Å². The molecule has 5 rings (SSSR count). The fourth-order valence-electron chi connectivity index (χ4n) is 5.37. The largest absolute Gasteiger partial charge is 0.394 e. The zero-order valence-electron chi connectivity index (χ0n) is 22.9. The Morgan fingerprint density at radius 3 is 2.54 bits per heavy atom. The molecule has 1 atom stereocenters. The predicted octanol–water partition coefficient (Wildman–Crippen LogP) is 2.99. The zero-order chi connectivity index (χ0) is 27.8. The number of benzene rings is 1. The molecule has 2 saturated heterocycles. The molecule has 0 bridgehead atoms. The second-order valence-corrected chi connectivity index (χ2v) is 13.5. The Balaban J connectivity index is 1.42. The molecular formula is C28H39N5O5S. The maximum absolute atomic E-state index is 13.6. The number of carbonyl (C=O) groups is 1. The van der Waals surface area contributed by atoms with Crippen LogP contribution in [0.25, 0.3) is 0 Å². The first kappa shape index (κ1) is 27.8. The molecule has 3 N–H and O–H groups in total. The first-order valence-electron chi connectivity index (χ1n) is 13.7. The van der Waals surface area contributed by atoms with Crippen molar-refractivity contribution in [3.8, 4) is 0 Å². The number of anilines is 3. The van der Waals surface area contributed by atoms with E-state index in [0.29, 0.717) is 29.1 Å². The number of nitrogens with zero attached hydrogens (tertiary/aromatic N) is 3. The summed E-state index contributed by atoms with van der Waals surface area (Å²) in [5.74, 6) is 0.860. The second-order valence-electron chi connectivity index (χ2n) is 11.8. The van der Waals surface area contributed by atoms with Crippen LogP contribution in [0.5, 0.6) is 0 Å². The molecule has 1 aliphatic carbocycles. The lowest BCUT2D eigenvalue weighted by atomic mass is 9.93. The van der Waals surface area contributed by atoms with Gasteiger partial charge in [0.1, 0.15) is 11.6 Å². The Kier molecular flexibility index (Phi) is 7.62. The van der Waals surface area contributed by atoms with Crippen molar-refractivity contribution in [2.24, 2.45) is 5.41 Å². The number of ether oxygens (including phenoxy) is 1. The van der Waals surface area contributed by atoms with E-state index in [1.807, 2.05) is 19.1 Å². The van der Waals surface area contributed by atoms with Crippen LogP contribution in [0.2, 0.25) is 0 Å². The van der Waals surface area contributed by atoms with Gasteiger partial charge in [0, 0.05) is 26.2 Å². The number of hydrogen-bond acceptors (Lipinski definition) is 8. The van der Waals surface area contributed by atoms with Crippen molar-refractivity contribution in [3.05, 3.63) is 42.0 Å². The van der Waals surface area contributed by atoms with Gasteiger partial charge < -0.3 is 25.0 Å². The van der Waals surface area contributed by atoms with Crippen LogP contribution in [0.15, 0.2) is 41.3 Å². The highest BCUT2D eigenvalue weighted by atomic mass is 32.2. The van der Waals surface area contributed by atoms with E-state index < -0.39 is 15.6 Å². The van der Waals surface area contributed by atoms with Gasteiger partial charge in [0.2, 0.25) is 10.0 Å². The van der Waals surface area contributed by atoms with Crippen LogP contribution >= 0.6 is 0 Å². The molecule has 10 nitrogen and oxygen atoms in total. The Morgan fingerprint density at radius 2 is 1.87 bits per heavy atom. The van der Waals surface area contributed by atoms with Crippen LogP contribution in [-0.4, -0.2) is 75.5 Å². The van der Waals surface area contributed by atoms with Gasteiger partial charge in [0.05, 0.1) is 41.0 Å². The molecule has 1 amide bonds. The van der Waals surface area contributed by atoms with Crippen LogP contribution < -0.4 is 19.8 Å². The van der Waals surface area contributed by atoms with Crippen molar-refractivity contribution in [2.45, 2.75) is 63.0 Å². The molecule has 11 heteroatoms. The van der Waals surface area contributed by atoms with E-state index in [9.17, 15) is 18.3 Å². The molecule has 0 radical (unpaired) electrons. The molecule has 39 heavy (non-hydrogen) atoms. The molecule has 2 aliphatic heterocycles. The van der Waals surface area contributed by atoms with Crippen molar-refractivity contribution in [1.29, 1.82) is 0 Å². The van der Waals surface area contributed by atoms with Crippen molar-refractivity contribution < 1.29 is 23.1 Å². The summed E-state index contributed by atoms with van der Waals surface area (Å²) in [5.41, 5.74) is 0.393. The minimum atomic E-state index is -3.92. The third-order valence-corrected chi connectivity index (χ3v) is 9.69. The third kappa shape index (κ3) is 6.37. The van der Waals surface area contributed by atoms with E-state index in [1.54, 1.807) is 32.0 Å². The van der Waals surface area contributed by atoms with Gasteiger partial charge in [-0.2, -0.15) is 0 Å². The molecule has 1 spiro atoms. The summed E-state index contributed by atoms with van der Waals surface area (Å²) < 4.78 is 34.5. The number of pyridine rings is 1. The van der Waals surface area contributed by atoms with Gasteiger partial charge >= 0.3 is 0 Å². The van der Waals surface area contributed by atoms with E-state index in [-0.39, 0.29) is 23.5 Å². The summed E-state index contributed by atoms with van der Waals surface area (Å²) in [6.07, 6.45) is 4.65. The topological polar surface area (TPSA) is 124 Å². The summed E-state index contributed by atoms with van der Waals surface area (Å²) >= 11 is 0. The summed E-state index contributed by atoms with van der Waals surface area (Å²) in [4.78, 5) is 22.6. The minimum Gasteiger partial charge on any atom is -0.394 e. The molecule has 1 aromatic carbocycles. The summed E-state index contributed by atoms with van der Waals surface area (Å²) in [6.45, 7) is 8.52. The lowest BCUT2D eigenvalue weighted by molar-refractivity contribution is 0.0529. The number of hydrogen-bond donors (Lipinski definition) is 3. The van der Waals surface area contributed by atoms with E-state index >= 15 is 0 Å². The third-order valence-electron chi connectivity index (χ3n) is 7.99. The first-order chi connectivity index (χ1) is 18.5. The predicted molar refractivity (Wildman–Crippen MR) is 151 cm³/mol. The van der Waals surface area contributed by atoms with E-state index in [1.165, 1.54) is 18.9 Å². The van der Waals surface area contributed by atoms with Gasteiger partial charge in [-0.1, -0.05) is 6.07 Å². The SMILES string of the molecule is C[C@@H]1CN(c2cccc(NC(=O)c3ccc(S(=O)(=O)NC(C)(C)CO)cc3N3CCC4(CC3)CC4)n2)CCO1. The van der Waals surface area contributed by atoms with Crippen LogP contribution in [0.4, 0.5) is 17.3 Å². The molecule has 1 saturated carbocycles. The molecule has 2 aromatic rings. The number of aliphatic hydroxyl groups is 1. The molecule has 1 aromatic heterocycles. The van der Waals surface area contributed by atoms with E-state index in [0.717, 1.165) is 44.8 Å². The number of rotatable bonds is 8. The molecule has 3 fully saturated rings. The van der Waals surface area contributed by atoms with Crippen molar-refractivity contribution in [1.82, 2.24) is 9.71 Å². The lowest BCUT2D eigenvalue weighted by Crippen LogP contribution is -2.46. The number of aliphatic hydroxyl groups excluding tert-OH is 1. The number of nitrogens with one attached hydrogen (secondary N) is 2. The van der Waals surface area contributed by atoms with Gasteiger partial charge in [-0.05, 0) is 82.2 Å². The van der Waals surface area contributed by atoms with Gasteiger partial charge in [0.15, 0.2) is 0 Å². The fraction of sp³-hybridized carbons (Fsp3) is 0.571. The average Bonchev–Trinajstić information content (AvgIpc) is 3.67. The van der Waals surface area contributed by atoms with Crippen molar-refractivity contribution in [3.63, 3.8) is 0 Å². The molecule has 3 heterocycles. The lowest BCUT2D eigenvalue weighted by Gasteiger charge is -2.35. The Hall–Kier alpha value is -2.73. The fourth-order valence-corrected chi connectivity index (χ4v) is 6.79. The van der Waals surface area contributed by atoms with Crippen molar-refractivity contribution >= 4 is 33.3 Å².